The van der Waals surface area contributed by atoms with Crippen LogP contribution in [0.2, 0.25) is 0 Å². The molecule has 0 bridgehead atoms. The fraction of sp³-hybridized carbons (Fsp3) is 0.357. The van der Waals surface area contributed by atoms with Crippen LogP contribution in [0.4, 0.5) is 5.69 Å². The molecule has 0 fully saturated rings. The SMILES string of the molecule is CCCn1cc(Oc2cc3c(cc2N)OCCO3)cn1. The second-order valence-corrected chi connectivity index (χ2v) is 4.57. The van der Waals surface area contributed by atoms with E-state index in [9.17, 15) is 0 Å². The Kier molecular flexibility index (Phi) is 3.37. The first-order chi connectivity index (χ1) is 9.76. The van der Waals surface area contributed by atoms with E-state index in [0.29, 0.717) is 41.9 Å². The van der Waals surface area contributed by atoms with Crippen molar-refractivity contribution in [1.29, 1.82) is 0 Å². The molecule has 6 nitrogen and oxygen atoms in total. The standard InChI is InChI=1S/C14H17N3O3/c1-2-3-17-9-10(8-16-17)20-12-7-14-13(6-11(12)15)18-4-5-19-14/h6-9H,2-5,15H2,1H3. The number of aromatic nitrogens is 2. The molecule has 106 valence electrons. The fourth-order valence-corrected chi connectivity index (χ4v) is 2.05. The van der Waals surface area contributed by atoms with Crippen LogP contribution in [-0.4, -0.2) is 23.0 Å². The van der Waals surface area contributed by atoms with E-state index in [1.807, 2.05) is 10.9 Å². The van der Waals surface area contributed by atoms with Crippen LogP contribution in [0, 0.1) is 0 Å². The number of fused-ring (bicyclic) bond motifs is 1. The Morgan fingerprint density at radius 1 is 1.30 bits per heavy atom. The smallest absolute Gasteiger partial charge is 0.165 e. The Balaban J connectivity index is 1.82. The van der Waals surface area contributed by atoms with Crippen LogP contribution in [0.15, 0.2) is 24.5 Å². The van der Waals surface area contributed by atoms with Gasteiger partial charge in [-0.05, 0) is 6.42 Å². The number of anilines is 1. The average Bonchev–Trinajstić information content (AvgIpc) is 2.87. The van der Waals surface area contributed by atoms with Gasteiger partial charge in [-0.25, -0.2) is 0 Å². The summed E-state index contributed by atoms with van der Waals surface area (Å²) in [7, 11) is 0. The number of nitrogens with two attached hydrogens (primary N) is 1. The van der Waals surface area contributed by atoms with Gasteiger partial charge >= 0.3 is 0 Å². The fourth-order valence-electron chi connectivity index (χ4n) is 2.05. The molecule has 2 aromatic rings. The summed E-state index contributed by atoms with van der Waals surface area (Å²) in [5.41, 5.74) is 6.48. The van der Waals surface area contributed by atoms with E-state index in [1.165, 1.54) is 0 Å². The number of nitrogen functional groups attached to an aromatic ring is 1. The van der Waals surface area contributed by atoms with Gasteiger partial charge in [0, 0.05) is 18.7 Å². The lowest BCUT2D eigenvalue weighted by Crippen LogP contribution is -2.15. The highest BCUT2D eigenvalue weighted by molar-refractivity contribution is 5.63. The molecule has 1 aromatic heterocycles. The normalized spacial score (nSPS) is 13.2. The molecule has 0 radical (unpaired) electrons. The summed E-state index contributed by atoms with van der Waals surface area (Å²) < 4.78 is 18.6. The summed E-state index contributed by atoms with van der Waals surface area (Å²) in [6.07, 6.45) is 4.54. The Hall–Kier alpha value is -2.37. The predicted octanol–water partition coefficient (Wildman–Crippen LogP) is 2.44. The monoisotopic (exact) mass is 275 g/mol. The maximum Gasteiger partial charge on any atom is 0.165 e. The first-order valence-electron chi connectivity index (χ1n) is 6.65. The molecular formula is C14H17N3O3. The van der Waals surface area contributed by atoms with E-state index < -0.39 is 0 Å². The van der Waals surface area contributed by atoms with Crippen LogP contribution in [-0.2, 0) is 6.54 Å². The molecule has 0 unspecified atom stereocenters. The summed E-state index contributed by atoms with van der Waals surface area (Å²) >= 11 is 0. The van der Waals surface area contributed by atoms with Gasteiger partial charge in [0.1, 0.15) is 13.2 Å². The van der Waals surface area contributed by atoms with Crippen molar-refractivity contribution in [1.82, 2.24) is 9.78 Å². The number of ether oxygens (including phenoxy) is 3. The van der Waals surface area contributed by atoms with Crippen LogP contribution >= 0.6 is 0 Å². The Labute approximate surface area is 117 Å². The van der Waals surface area contributed by atoms with Crippen molar-refractivity contribution in [2.45, 2.75) is 19.9 Å². The first kappa shape index (κ1) is 12.7. The van der Waals surface area contributed by atoms with Gasteiger partial charge in [-0.15, -0.1) is 0 Å². The molecular weight excluding hydrogens is 258 g/mol. The molecule has 0 aliphatic carbocycles. The van der Waals surface area contributed by atoms with Crippen molar-refractivity contribution in [2.24, 2.45) is 0 Å². The third-order valence-corrected chi connectivity index (χ3v) is 2.96. The van der Waals surface area contributed by atoms with Crippen LogP contribution in [0.1, 0.15) is 13.3 Å². The van der Waals surface area contributed by atoms with E-state index in [2.05, 4.69) is 12.0 Å². The molecule has 3 rings (SSSR count). The lowest BCUT2D eigenvalue weighted by atomic mass is 10.2. The van der Waals surface area contributed by atoms with E-state index in [0.717, 1.165) is 13.0 Å². The van der Waals surface area contributed by atoms with E-state index in [4.69, 9.17) is 19.9 Å². The minimum Gasteiger partial charge on any atom is -0.486 e. The summed E-state index contributed by atoms with van der Waals surface area (Å²) in [5.74, 6) is 2.51. The highest BCUT2D eigenvalue weighted by atomic mass is 16.6. The highest BCUT2D eigenvalue weighted by Crippen LogP contribution is 2.39. The van der Waals surface area contributed by atoms with Gasteiger partial charge < -0.3 is 19.9 Å². The van der Waals surface area contributed by atoms with Crippen LogP contribution in [0.25, 0.3) is 0 Å². The summed E-state index contributed by atoms with van der Waals surface area (Å²) in [6.45, 7) is 4.03. The lowest BCUT2D eigenvalue weighted by molar-refractivity contribution is 0.171. The Morgan fingerprint density at radius 3 is 2.80 bits per heavy atom. The van der Waals surface area contributed by atoms with Gasteiger partial charge in [-0.3, -0.25) is 4.68 Å². The largest absolute Gasteiger partial charge is 0.486 e. The van der Waals surface area contributed by atoms with Crippen molar-refractivity contribution >= 4 is 5.69 Å². The molecule has 0 spiro atoms. The Morgan fingerprint density at radius 2 is 2.05 bits per heavy atom. The van der Waals surface area contributed by atoms with Gasteiger partial charge in [0.15, 0.2) is 23.0 Å². The number of aryl methyl sites for hydroxylation is 1. The molecule has 1 aliphatic heterocycles. The van der Waals surface area contributed by atoms with Gasteiger partial charge in [0.25, 0.3) is 0 Å². The average molecular weight is 275 g/mol. The minimum atomic E-state index is 0.512. The van der Waals surface area contributed by atoms with Crippen LogP contribution in [0.5, 0.6) is 23.0 Å². The molecule has 1 aliphatic rings. The van der Waals surface area contributed by atoms with Gasteiger partial charge in [0.2, 0.25) is 0 Å². The number of nitrogens with zero attached hydrogens (tertiary/aromatic N) is 2. The second kappa shape index (κ2) is 5.32. The zero-order valence-electron chi connectivity index (χ0n) is 11.3. The topological polar surface area (TPSA) is 71.5 Å². The third-order valence-electron chi connectivity index (χ3n) is 2.96. The van der Waals surface area contributed by atoms with Gasteiger partial charge in [-0.1, -0.05) is 6.92 Å². The molecule has 0 amide bonds. The summed E-state index contributed by atoms with van der Waals surface area (Å²) in [5, 5.41) is 4.21. The zero-order valence-corrected chi connectivity index (χ0v) is 11.3. The zero-order chi connectivity index (χ0) is 13.9. The van der Waals surface area contributed by atoms with Crippen molar-refractivity contribution in [3.8, 4) is 23.0 Å². The number of hydrogen-bond acceptors (Lipinski definition) is 5. The Bertz CT molecular complexity index is 610. The van der Waals surface area contributed by atoms with Crippen molar-refractivity contribution in [3.63, 3.8) is 0 Å². The predicted molar refractivity (Wildman–Crippen MR) is 74.4 cm³/mol. The highest BCUT2D eigenvalue weighted by Gasteiger charge is 2.16. The maximum atomic E-state index is 5.97. The second-order valence-electron chi connectivity index (χ2n) is 4.57. The molecule has 0 saturated carbocycles. The maximum absolute atomic E-state index is 5.97. The molecule has 6 heteroatoms. The number of rotatable bonds is 4. The quantitative estimate of drug-likeness (QED) is 0.868. The van der Waals surface area contributed by atoms with Crippen molar-refractivity contribution in [3.05, 3.63) is 24.5 Å². The number of hydrogen-bond donors (Lipinski definition) is 1. The van der Waals surface area contributed by atoms with Gasteiger partial charge in [-0.2, -0.15) is 5.10 Å². The summed E-state index contributed by atoms with van der Waals surface area (Å²) in [6, 6.07) is 3.47. The molecule has 0 atom stereocenters. The third kappa shape index (κ3) is 2.49. The summed E-state index contributed by atoms with van der Waals surface area (Å²) in [4.78, 5) is 0. The minimum absolute atomic E-state index is 0.512. The van der Waals surface area contributed by atoms with Crippen LogP contribution in [0.3, 0.4) is 0 Å². The van der Waals surface area contributed by atoms with E-state index in [1.54, 1.807) is 18.3 Å². The molecule has 20 heavy (non-hydrogen) atoms. The van der Waals surface area contributed by atoms with Crippen molar-refractivity contribution in [2.75, 3.05) is 18.9 Å². The van der Waals surface area contributed by atoms with Crippen LogP contribution < -0.4 is 19.9 Å². The van der Waals surface area contributed by atoms with Gasteiger partial charge in [0.05, 0.1) is 18.1 Å². The molecule has 2 N–H and O–H groups in total. The molecule has 2 heterocycles. The van der Waals surface area contributed by atoms with E-state index >= 15 is 0 Å². The van der Waals surface area contributed by atoms with E-state index in [-0.39, 0.29) is 0 Å². The lowest BCUT2D eigenvalue weighted by Gasteiger charge is -2.19. The number of benzene rings is 1. The molecule has 0 saturated heterocycles. The molecule has 1 aromatic carbocycles. The van der Waals surface area contributed by atoms with Crippen molar-refractivity contribution < 1.29 is 14.2 Å². The first-order valence-corrected chi connectivity index (χ1v) is 6.65.